The molecule has 0 radical (unpaired) electrons. The smallest absolute Gasteiger partial charge is 0.234 e. The minimum Gasteiger partial charge on any atom is -0.381 e. The van der Waals surface area contributed by atoms with E-state index in [1.807, 2.05) is 6.07 Å². The van der Waals surface area contributed by atoms with Crippen LogP contribution in [0.1, 0.15) is 18.4 Å². The molecule has 0 aliphatic carbocycles. The summed E-state index contributed by atoms with van der Waals surface area (Å²) < 4.78 is 5.33. The van der Waals surface area contributed by atoms with Crippen LogP contribution in [0, 0.1) is 16.7 Å². The van der Waals surface area contributed by atoms with Gasteiger partial charge in [-0.15, -0.1) is 0 Å². The first-order valence-electron chi connectivity index (χ1n) is 6.70. The molecule has 2 rings (SSSR count). The number of para-hydroxylation sites is 1. The van der Waals surface area contributed by atoms with Crippen molar-refractivity contribution in [1.29, 1.82) is 5.26 Å². The first-order chi connectivity index (χ1) is 9.64. The number of nitrogens with two attached hydrogens (primary N) is 1. The molecule has 0 unspecified atom stereocenters. The van der Waals surface area contributed by atoms with Gasteiger partial charge in [0.2, 0.25) is 5.91 Å². The lowest BCUT2D eigenvalue weighted by atomic mass is 9.79. The Bertz CT molecular complexity index is 530. The summed E-state index contributed by atoms with van der Waals surface area (Å²) in [6.45, 7) is 1.40. The van der Waals surface area contributed by atoms with Gasteiger partial charge in [-0.3, -0.25) is 4.79 Å². The fourth-order valence-corrected chi connectivity index (χ4v) is 2.59. The predicted molar refractivity (Wildman–Crippen MR) is 76.1 cm³/mol. The number of rotatable bonds is 3. The largest absolute Gasteiger partial charge is 0.381 e. The Labute approximate surface area is 118 Å². The van der Waals surface area contributed by atoms with Crippen LogP contribution in [0.2, 0.25) is 0 Å². The zero-order valence-corrected chi connectivity index (χ0v) is 11.6. The van der Waals surface area contributed by atoms with Crippen molar-refractivity contribution in [3.8, 4) is 6.07 Å². The number of carbonyl (C=O) groups excluding carboxylic acids is 1. The maximum atomic E-state index is 12.8. The molecule has 1 amide bonds. The Morgan fingerprint density at radius 1 is 1.45 bits per heavy atom. The van der Waals surface area contributed by atoms with E-state index in [0.29, 0.717) is 43.9 Å². The summed E-state index contributed by atoms with van der Waals surface area (Å²) in [6, 6.07) is 9.20. The first-order valence-corrected chi connectivity index (χ1v) is 6.70. The van der Waals surface area contributed by atoms with Crippen LogP contribution in [-0.2, 0) is 9.53 Å². The standard InChI is InChI=1S/C15H19N3O2/c1-18(13-5-3-2-4-12(13)10-16)14(19)15(11-17)6-8-20-9-7-15/h2-5H,6-9,11,17H2,1H3. The highest BCUT2D eigenvalue weighted by Crippen LogP contribution is 2.33. The van der Waals surface area contributed by atoms with E-state index in [2.05, 4.69) is 6.07 Å². The molecule has 1 fully saturated rings. The Balaban J connectivity index is 2.30. The van der Waals surface area contributed by atoms with E-state index in [9.17, 15) is 4.79 Å². The molecule has 2 N–H and O–H groups in total. The Kier molecular flexibility index (Phi) is 4.38. The molecule has 0 bridgehead atoms. The summed E-state index contributed by atoms with van der Waals surface area (Å²) in [6.07, 6.45) is 1.25. The number of nitrogens with zero attached hydrogens (tertiary/aromatic N) is 2. The van der Waals surface area contributed by atoms with E-state index in [-0.39, 0.29) is 5.91 Å². The van der Waals surface area contributed by atoms with Crippen LogP contribution in [-0.4, -0.2) is 32.7 Å². The average Bonchev–Trinajstić information content (AvgIpc) is 2.54. The predicted octanol–water partition coefficient (Wildman–Crippen LogP) is 1.28. The maximum absolute atomic E-state index is 12.8. The molecular weight excluding hydrogens is 254 g/mol. The topological polar surface area (TPSA) is 79.3 Å². The van der Waals surface area contributed by atoms with Crippen LogP contribution in [0.4, 0.5) is 5.69 Å². The van der Waals surface area contributed by atoms with Gasteiger partial charge in [-0.25, -0.2) is 0 Å². The van der Waals surface area contributed by atoms with Gasteiger partial charge in [-0.1, -0.05) is 12.1 Å². The lowest BCUT2D eigenvalue weighted by Crippen LogP contribution is -2.50. The van der Waals surface area contributed by atoms with Crippen LogP contribution >= 0.6 is 0 Å². The van der Waals surface area contributed by atoms with Crippen molar-refractivity contribution in [3.05, 3.63) is 29.8 Å². The molecule has 5 nitrogen and oxygen atoms in total. The summed E-state index contributed by atoms with van der Waals surface area (Å²) in [4.78, 5) is 14.4. The third kappa shape index (κ3) is 2.53. The zero-order valence-electron chi connectivity index (χ0n) is 11.6. The molecule has 1 aliphatic rings. The number of carbonyl (C=O) groups is 1. The van der Waals surface area contributed by atoms with Gasteiger partial charge in [0, 0.05) is 26.8 Å². The third-order valence-corrected chi connectivity index (χ3v) is 3.98. The minimum atomic E-state index is -0.574. The lowest BCUT2D eigenvalue weighted by Gasteiger charge is -2.37. The second kappa shape index (κ2) is 6.04. The van der Waals surface area contributed by atoms with Crippen LogP contribution < -0.4 is 10.6 Å². The lowest BCUT2D eigenvalue weighted by molar-refractivity contribution is -0.132. The molecule has 1 heterocycles. The average molecular weight is 273 g/mol. The van der Waals surface area contributed by atoms with E-state index < -0.39 is 5.41 Å². The molecule has 1 saturated heterocycles. The van der Waals surface area contributed by atoms with Crippen LogP contribution in [0.25, 0.3) is 0 Å². The quantitative estimate of drug-likeness (QED) is 0.899. The molecule has 1 aromatic carbocycles. The van der Waals surface area contributed by atoms with E-state index in [1.165, 1.54) is 0 Å². The van der Waals surface area contributed by atoms with Crippen molar-refractivity contribution < 1.29 is 9.53 Å². The summed E-state index contributed by atoms with van der Waals surface area (Å²) in [5, 5.41) is 9.15. The van der Waals surface area contributed by atoms with Gasteiger partial charge in [-0.2, -0.15) is 5.26 Å². The normalized spacial score (nSPS) is 17.2. The van der Waals surface area contributed by atoms with E-state index in [4.69, 9.17) is 15.7 Å². The molecule has 0 atom stereocenters. The second-order valence-electron chi connectivity index (χ2n) is 5.09. The Morgan fingerprint density at radius 3 is 2.70 bits per heavy atom. The number of nitriles is 1. The summed E-state index contributed by atoms with van der Waals surface area (Å²) in [7, 11) is 1.70. The minimum absolute atomic E-state index is 0.0361. The van der Waals surface area contributed by atoms with Crippen molar-refractivity contribution in [3.63, 3.8) is 0 Å². The number of benzene rings is 1. The van der Waals surface area contributed by atoms with Gasteiger partial charge in [0.1, 0.15) is 6.07 Å². The van der Waals surface area contributed by atoms with Gasteiger partial charge >= 0.3 is 0 Å². The molecule has 0 aromatic heterocycles. The SMILES string of the molecule is CN(C(=O)C1(CN)CCOCC1)c1ccccc1C#N. The van der Waals surface area contributed by atoms with Crippen molar-refractivity contribution >= 4 is 11.6 Å². The molecule has 106 valence electrons. The molecule has 5 heteroatoms. The fourth-order valence-electron chi connectivity index (χ4n) is 2.59. The van der Waals surface area contributed by atoms with Gasteiger partial charge in [-0.05, 0) is 25.0 Å². The van der Waals surface area contributed by atoms with Crippen molar-refractivity contribution in [2.24, 2.45) is 11.1 Å². The fraction of sp³-hybridized carbons (Fsp3) is 0.467. The Hall–Kier alpha value is -1.90. The monoisotopic (exact) mass is 273 g/mol. The number of ether oxygens (including phenoxy) is 1. The summed E-state index contributed by atoms with van der Waals surface area (Å²) >= 11 is 0. The molecule has 0 saturated carbocycles. The highest BCUT2D eigenvalue weighted by atomic mass is 16.5. The highest BCUT2D eigenvalue weighted by Gasteiger charge is 2.41. The van der Waals surface area contributed by atoms with Gasteiger partial charge < -0.3 is 15.4 Å². The van der Waals surface area contributed by atoms with Crippen molar-refractivity contribution in [2.45, 2.75) is 12.8 Å². The molecular formula is C15H19N3O2. The van der Waals surface area contributed by atoms with E-state index in [0.717, 1.165) is 0 Å². The molecule has 0 spiro atoms. The molecule has 1 aromatic rings. The summed E-state index contributed by atoms with van der Waals surface area (Å²) in [5.74, 6) is -0.0361. The van der Waals surface area contributed by atoms with Gasteiger partial charge in [0.15, 0.2) is 0 Å². The number of amides is 1. The highest BCUT2D eigenvalue weighted by molar-refractivity contribution is 5.98. The van der Waals surface area contributed by atoms with Gasteiger partial charge in [0.05, 0.1) is 16.7 Å². The number of anilines is 1. The molecule has 1 aliphatic heterocycles. The maximum Gasteiger partial charge on any atom is 0.234 e. The van der Waals surface area contributed by atoms with E-state index >= 15 is 0 Å². The van der Waals surface area contributed by atoms with Gasteiger partial charge in [0.25, 0.3) is 0 Å². The number of hydrogen-bond donors (Lipinski definition) is 1. The van der Waals surface area contributed by atoms with Crippen LogP contribution in [0.15, 0.2) is 24.3 Å². The second-order valence-corrected chi connectivity index (χ2v) is 5.09. The van der Waals surface area contributed by atoms with Crippen LogP contribution in [0.5, 0.6) is 0 Å². The zero-order chi connectivity index (χ0) is 14.6. The van der Waals surface area contributed by atoms with Crippen molar-refractivity contribution in [2.75, 3.05) is 31.7 Å². The Morgan fingerprint density at radius 2 is 2.10 bits per heavy atom. The number of hydrogen-bond acceptors (Lipinski definition) is 4. The van der Waals surface area contributed by atoms with Crippen LogP contribution in [0.3, 0.4) is 0 Å². The molecule has 20 heavy (non-hydrogen) atoms. The third-order valence-electron chi connectivity index (χ3n) is 3.98. The van der Waals surface area contributed by atoms with E-state index in [1.54, 1.807) is 30.1 Å². The van der Waals surface area contributed by atoms with Crippen molar-refractivity contribution in [1.82, 2.24) is 0 Å². The summed E-state index contributed by atoms with van der Waals surface area (Å²) in [5.41, 5.74) is 6.40. The first kappa shape index (κ1) is 14.5.